The fourth-order valence-electron chi connectivity index (χ4n) is 4.03. The molecule has 0 radical (unpaired) electrons. The topological polar surface area (TPSA) is 59.8 Å². The lowest BCUT2D eigenvalue weighted by Gasteiger charge is -2.12. The van der Waals surface area contributed by atoms with Crippen molar-refractivity contribution < 1.29 is 4.79 Å². The van der Waals surface area contributed by atoms with Gasteiger partial charge in [-0.25, -0.2) is 4.98 Å². The molecule has 1 amide bonds. The third-order valence-electron chi connectivity index (χ3n) is 5.77. The summed E-state index contributed by atoms with van der Waals surface area (Å²) in [5.41, 5.74) is 7.47. The van der Waals surface area contributed by atoms with Gasteiger partial charge in [0.2, 0.25) is 5.91 Å². The van der Waals surface area contributed by atoms with Crippen molar-refractivity contribution in [3.8, 4) is 5.82 Å². The number of aryl methyl sites for hydroxylation is 4. The molecule has 0 fully saturated rings. The summed E-state index contributed by atoms with van der Waals surface area (Å²) in [6.07, 6.45) is 3.36. The van der Waals surface area contributed by atoms with Crippen LogP contribution in [0.15, 0.2) is 54.6 Å². The van der Waals surface area contributed by atoms with Crippen LogP contribution >= 0.6 is 0 Å². The molecule has 1 N–H and O–H groups in total. The fraction of sp³-hybridized carbons (Fsp3) is 0.250. The molecule has 33 heavy (non-hydrogen) atoms. The van der Waals surface area contributed by atoms with Gasteiger partial charge in [0.15, 0.2) is 5.82 Å². The third kappa shape index (κ3) is 4.87. The zero-order valence-corrected chi connectivity index (χ0v) is 20.1. The molecule has 4 aromatic rings. The Balaban J connectivity index is 1.61. The van der Waals surface area contributed by atoms with E-state index in [-0.39, 0.29) is 5.91 Å². The molecule has 0 saturated carbocycles. The Hall–Kier alpha value is -3.73. The summed E-state index contributed by atoms with van der Waals surface area (Å²) < 4.78 is 1.70. The molecule has 0 aliphatic rings. The molecule has 5 nitrogen and oxygen atoms in total. The van der Waals surface area contributed by atoms with Crippen LogP contribution in [0, 0.1) is 27.7 Å². The minimum Gasteiger partial charge on any atom is -0.307 e. The Bertz CT molecular complexity index is 1360. The van der Waals surface area contributed by atoms with Gasteiger partial charge >= 0.3 is 0 Å². The van der Waals surface area contributed by atoms with Gasteiger partial charge in [0.1, 0.15) is 5.82 Å². The normalized spacial score (nSPS) is 11.6. The van der Waals surface area contributed by atoms with E-state index in [0.29, 0.717) is 17.6 Å². The van der Waals surface area contributed by atoms with E-state index in [1.165, 1.54) is 11.1 Å². The maximum atomic E-state index is 12.7. The van der Waals surface area contributed by atoms with E-state index in [2.05, 4.69) is 69.3 Å². The number of nitrogens with zero attached hydrogens (tertiary/aromatic N) is 3. The van der Waals surface area contributed by atoms with Crippen molar-refractivity contribution in [2.75, 3.05) is 5.32 Å². The Morgan fingerprint density at radius 3 is 2.39 bits per heavy atom. The number of benzene rings is 2. The maximum Gasteiger partial charge on any atom is 0.249 e. The Morgan fingerprint density at radius 2 is 1.70 bits per heavy atom. The number of aromatic nitrogens is 3. The molecule has 0 atom stereocenters. The highest BCUT2D eigenvalue weighted by Gasteiger charge is 2.14. The molecule has 0 aliphatic carbocycles. The molecule has 2 aromatic carbocycles. The highest BCUT2D eigenvalue weighted by Crippen LogP contribution is 2.26. The van der Waals surface area contributed by atoms with Crippen molar-refractivity contribution in [3.05, 3.63) is 88.1 Å². The second-order valence-electron chi connectivity index (χ2n) is 9.00. The first-order chi connectivity index (χ1) is 15.7. The average Bonchev–Trinajstić information content (AvgIpc) is 3.13. The quantitative estimate of drug-likeness (QED) is 0.365. The van der Waals surface area contributed by atoms with Crippen LogP contribution in [0.4, 0.5) is 5.82 Å². The number of nitrogens with one attached hydrogen (secondary N) is 1. The summed E-state index contributed by atoms with van der Waals surface area (Å²) in [6.45, 7) is 12.5. The van der Waals surface area contributed by atoms with Crippen LogP contribution in [-0.2, 0) is 4.79 Å². The Kier molecular flexibility index (Phi) is 6.14. The van der Waals surface area contributed by atoms with E-state index in [1.807, 2.05) is 37.3 Å². The first-order valence-corrected chi connectivity index (χ1v) is 11.3. The van der Waals surface area contributed by atoms with Crippen molar-refractivity contribution in [2.24, 2.45) is 0 Å². The van der Waals surface area contributed by atoms with Crippen molar-refractivity contribution in [2.45, 2.75) is 47.5 Å². The summed E-state index contributed by atoms with van der Waals surface area (Å²) in [5.74, 6) is 1.54. The number of fused-ring (bicyclic) bond motifs is 1. The van der Waals surface area contributed by atoms with Gasteiger partial charge in [0.05, 0.1) is 11.2 Å². The lowest BCUT2D eigenvalue weighted by Crippen LogP contribution is -2.13. The maximum absolute atomic E-state index is 12.7. The van der Waals surface area contributed by atoms with E-state index in [1.54, 1.807) is 10.8 Å². The summed E-state index contributed by atoms with van der Waals surface area (Å²) in [4.78, 5) is 17.5. The molecule has 168 valence electrons. The minimum absolute atomic E-state index is 0.214. The van der Waals surface area contributed by atoms with Gasteiger partial charge in [-0.1, -0.05) is 49.7 Å². The lowest BCUT2D eigenvalue weighted by molar-refractivity contribution is -0.111. The summed E-state index contributed by atoms with van der Waals surface area (Å²) in [7, 11) is 0. The first kappa shape index (κ1) is 22.5. The second kappa shape index (κ2) is 9.02. The van der Waals surface area contributed by atoms with E-state index >= 15 is 0 Å². The van der Waals surface area contributed by atoms with Gasteiger partial charge in [-0.15, -0.1) is 0 Å². The van der Waals surface area contributed by atoms with E-state index in [0.717, 1.165) is 33.3 Å². The molecular formula is C28H30N4O. The molecule has 0 spiro atoms. The molecule has 5 heteroatoms. The number of rotatable bonds is 5. The van der Waals surface area contributed by atoms with E-state index in [9.17, 15) is 4.79 Å². The van der Waals surface area contributed by atoms with Gasteiger partial charge < -0.3 is 5.32 Å². The largest absolute Gasteiger partial charge is 0.307 e. The number of carbonyl (C=O) groups is 1. The SMILES string of the molecule is Cc1cc(C)c2nc(-n3nc(C)cc3NC(=O)/C=C/c3ccc(C(C)C)cc3)cc(C)c2c1. The number of carbonyl (C=O) groups excluding carboxylic acids is 1. The van der Waals surface area contributed by atoms with Crippen LogP contribution in [0.1, 0.15) is 53.3 Å². The van der Waals surface area contributed by atoms with Crippen molar-refractivity contribution in [3.63, 3.8) is 0 Å². The van der Waals surface area contributed by atoms with Gasteiger partial charge in [0.25, 0.3) is 0 Å². The highest BCUT2D eigenvalue weighted by atomic mass is 16.1. The van der Waals surface area contributed by atoms with Gasteiger partial charge in [-0.05, 0) is 74.1 Å². The van der Waals surface area contributed by atoms with Gasteiger partial charge in [-0.2, -0.15) is 9.78 Å². The van der Waals surface area contributed by atoms with Crippen LogP contribution in [0.5, 0.6) is 0 Å². The molecular weight excluding hydrogens is 408 g/mol. The fourth-order valence-corrected chi connectivity index (χ4v) is 4.03. The standard InChI is InChI=1S/C28H30N4O/c1-17(2)23-10-7-22(8-11-23)9-12-27(33)29-26-16-21(6)31-32(26)25-15-19(4)24-14-18(3)13-20(5)28(24)30-25/h7-17H,1-6H3,(H,29,33)/b12-9+. The molecule has 0 unspecified atom stereocenters. The zero-order chi connectivity index (χ0) is 23.7. The predicted molar refractivity (Wildman–Crippen MR) is 136 cm³/mol. The van der Waals surface area contributed by atoms with Crippen LogP contribution in [0.3, 0.4) is 0 Å². The smallest absolute Gasteiger partial charge is 0.249 e. The minimum atomic E-state index is -0.214. The molecule has 2 aromatic heterocycles. The van der Waals surface area contributed by atoms with Crippen molar-refractivity contribution >= 4 is 28.7 Å². The lowest BCUT2D eigenvalue weighted by atomic mass is 10.0. The second-order valence-corrected chi connectivity index (χ2v) is 9.00. The number of anilines is 1. The van der Waals surface area contributed by atoms with Gasteiger partial charge in [-0.3, -0.25) is 4.79 Å². The van der Waals surface area contributed by atoms with E-state index < -0.39 is 0 Å². The first-order valence-electron chi connectivity index (χ1n) is 11.3. The molecule has 4 rings (SSSR count). The van der Waals surface area contributed by atoms with Crippen LogP contribution < -0.4 is 5.32 Å². The third-order valence-corrected chi connectivity index (χ3v) is 5.77. The Morgan fingerprint density at radius 1 is 0.970 bits per heavy atom. The molecule has 0 saturated heterocycles. The van der Waals surface area contributed by atoms with Crippen molar-refractivity contribution in [1.82, 2.24) is 14.8 Å². The van der Waals surface area contributed by atoms with Crippen LogP contribution in [-0.4, -0.2) is 20.7 Å². The van der Waals surface area contributed by atoms with Crippen LogP contribution in [0.2, 0.25) is 0 Å². The Labute approximate surface area is 195 Å². The zero-order valence-electron chi connectivity index (χ0n) is 20.1. The number of hydrogen-bond acceptors (Lipinski definition) is 3. The number of amides is 1. The molecule has 2 heterocycles. The predicted octanol–water partition coefficient (Wildman–Crippen LogP) is 6.43. The number of pyridine rings is 1. The van der Waals surface area contributed by atoms with Gasteiger partial charge in [0, 0.05) is 17.5 Å². The molecule has 0 aliphatic heterocycles. The highest BCUT2D eigenvalue weighted by molar-refractivity contribution is 6.01. The van der Waals surface area contributed by atoms with Crippen molar-refractivity contribution in [1.29, 1.82) is 0 Å². The molecule has 0 bridgehead atoms. The number of hydrogen-bond donors (Lipinski definition) is 1. The summed E-state index contributed by atoms with van der Waals surface area (Å²) in [6, 6.07) is 16.4. The monoisotopic (exact) mass is 438 g/mol. The average molecular weight is 439 g/mol. The van der Waals surface area contributed by atoms with Crippen LogP contribution in [0.25, 0.3) is 22.8 Å². The van der Waals surface area contributed by atoms with E-state index in [4.69, 9.17) is 4.98 Å². The summed E-state index contributed by atoms with van der Waals surface area (Å²) >= 11 is 0. The summed E-state index contributed by atoms with van der Waals surface area (Å²) in [5, 5.41) is 8.68.